The molecule has 0 aliphatic heterocycles. The van der Waals surface area contributed by atoms with E-state index in [0.717, 1.165) is 30.9 Å². The van der Waals surface area contributed by atoms with E-state index in [0.29, 0.717) is 19.2 Å². The summed E-state index contributed by atoms with van der Waals surface area (Å²) in [7, 11) is 1.74. The molecule has 0 saturated heterocycles. The zero-order chi connectivity index (χ0) is 13.0. The highest BCUT2D eigenvalue weighted by Crippen LogP contribution is 2.34. The summed E-state index contributed by atoms with van der Waals surface area (Å²) >= 11 is 0. The smallest absolute Gasteiger partial charge is 0.0871 e. The fraction of sp³-hybridized carbons (Fsp3) is 0.846. The second-order valence-corrected chi connectivity index (χ2v) is 5.13. The lowest BCUT2D eigenvalue weighted by Gasteiger charge is -2.17. The average Bonchev–Trinajstić information content (AvgIpc) is 3.11. The van der Waals surface area contributed by atoms with Crippen molar-refractivity contribution in [3.63, 3.8) is 0 Å². The van der Waals surface area contributed by atoms with Gasteiger partial charge in [-0.1, -0.05) is 12.1 Å². The Bertz CT molecular complexity index is 373. The van der Waals surface area contributed by atoms with Gasteiger partial charge in [0.05, 0.1) is 24.0 Å². The Hall–Kier alpha value is -0.940. The molecule has 1 atom stereocenters. The molecule has 1 heterocycles. The number of nitrogens with two attached hydrogens (primary N) is 1. The van der Waals surface area contributed by atoms with Crippen LogP contribution >= 0.6 is 0 Å². The first-order valence-corrected chi connectivity index (χ1v) is 6.92. The minimum absolute atomic E-state index is 0.294. The molecule has 1 fully saturated rings. The van der Waals surface area contributed by atoms with Crippen LogP contribution in [0.5, 0.6) is 0 Å². The summed E-state index contributed by atoms with van der Waals surface area (Å²) in [6.45, 7) is 3.49. The van der Waals surface area contributed by atoms with E-state index in [1.54, 1.807) is 7.11 Å². The van der Waals surface area contributed by atoms with E-state index in [2.05, 4.69) is 21.9 Å². The molecule has 102 valence electrons. The molecule has 2 N–H and O–H groups in total. The number of hydrogen-bond acceptors (Lipinski definition) is 4. The molecule has 0 bridgehead atoms. The minimum atomic E-state index is 0.294. The highest BCUT2D eigenvalue weighted by molar-refractivity contribution is 5.14. The molecule has 5 heteroatoms. The van der Waals surface area contributed by atoms with Crippen molar-refractivity contribution in [1.29, 1.82) is 0 Å². The van der Waals surface area contributed by atoms with Crippen LogP contribution in [0.1, 0.15) is 43.6 Å². The van der Waals surface area contributed by atoms with Crippen molar-refractivity contribution in [1.82, 2.24) is 15.0 Å². The molecule has 0 spiro atoms. The third-order valence-corrected chi connectivity index (χ3v) is 3.61. The van der Waals surface area contributed by atoms with Gasteiger partial charge in [-0.15, -0.1) is 5.10 Å². The van der Waals surface area contributed by atoms with Crippen molar-refractivity contribution in [2.24, 2.45) is 11.7 Å². The van der Waals surface area contributed by atoms with Gasteiger partial charge in [-0.25, -0.2) is 4.68 Å². The quantitative estimate of drug-likeness (QED) is 0.758. The van der Waals surface area contributed by atoms with Crippen LogP contribution in [0.2, 0.25) is 0 Å². The number of methoxy groups -OCH3 is 1. The van der Waals surface area contributed by atoms with Gasteiger partial charge in [0, 0.05) is 13.5 Å². The van der Waals surface area contributed by atoms with E-state index in [4.69, 9.17) is 10.5 Å². The molecule has 1 aliphatic rings. The summed E-state index contributed by atoms with van der Waals surface area (Å²) in [4.78, 5) is 0. The molecule has 18 heavy (non-hydrogen) atoms. The Balaban J connectivity index is 2.20. The molecule has 1 aromatic heterocycles. The number of rotatable bonds is 8. The maximum Gasteiger partial charge on any atom is 0.0871 e. The first kappa shape index (κ1) is 13.5. The first-order chi connectivity index (χ1) is 8.80. The minimum Gasteiger partial charge on any atom is -0.382 e. The fourth-order valence-corrected chi connectivity index (χ4v) is 2.33. The predicted molar refractivity (Wildman–Crippen MR) is 70.4 cm³/mol. The van der Waals surface area contributed by atoms with Crippen LogP contribution < -0.4 is 5.73 Å². The maximum atomic E-state index is 5.65. The third kappa shape index (κ3) is 3.09. The normalized spacial score (nSPS) is 17.1. The van der Waals surface area contributed by atoms with Crippen LogP contribution in [-0.2, 0) is 17.6 Å². The summed E-state index contributed by atoms with van der Waals surface area (Å²) in [6.07, 6.45) is 5.62. The molecule has 0 amide bonds. The fourth-order valence-electron chi connectivity index (χ4n) is 2.33. The standard InChI is InChI=1S/C13H24N4O/c1-3-11(9-18-2)17-13(8-10-4-5-10)12(6-7-14)15-16-17/h10-11H,3-9,14H2,1-2H3. The molecule has 2 rings (SSSR count). The van der Waals surface area contributed by atoms with Gasteiger partial charge >= 0.3 is 0 Å². The monoisotopic (exact) mass is 252 g/mol. The molecular weight excluding hydrogens is 228 g/mol. The van der Waals surface area contributed by atoms with Crippen LogP contribution in [0.4, 0.5) is 0 Å². The van der Waals surface area contributed by atoms with Crippen LogP contribution in [0.25, 0.3) is 0 Å². The van der Waals surface area contributed by atoms with Crippen LogP contribution in [0.3, 0.4) is 0 Å². The summed E-state index contributed by atoms with van der Waals surface area (Å²) in [5.74, 6) is 0.832. The zero-order valence-corrected chi connectivity index (χ0v) is 11.4. The van der Waals surface area contributed by atoms with Gasteiger partial charge in [-0.2, -0.15) is 0 Å². The topological polar surface area (TPSA) is 66.0 Å². The number of aromatic nitrogens is 3. The lowest BCUT2D eigenvalue weighted by Crippen LogP contribution is -2.19. The van der Waals surface area contributed by atoms with E-state index in [1.807, 2.05) is 0 Å². The van der Waals surface area contributed by atoms with Crippen molar-refractivity contribution >= 4 is 0 Å². The highest BCUT2D eigenvalue weighted by atomic mass is 16.5. The first-order valence-electron chi connectivity index (χ1n) is 6.92. The Morgan fingerprint density at radius 1 is 1.50 bits per heavy atom. The van der Waals surface area contributed by atoms with Gasteiger partial charge in [-0.05, 0) is 38.1 Å². The zero-order valence-electron chi connectivity index (χ0n) is 11.4. The number of ether oxygens (including phenoxy) is 1. The Morgan fingerprint density at radius 2 is 2.28 bits per heavy atom. The van der Waals surface area contributed by atoms with Crippen molar-refractivity contribution < 1.29 is 4.74 Å². The SMILES string of the molecule is CCC(COC)n1nnc(CCN)c1CC1CC1. The van der Waals surface area contributed by atoms with Gasteiger partial charge in [-0.3, -0.25) is 0 Å². The second kappa shape index (κ2) is 6.29. The molecule has 1 saturated carbocycles. The van der Waals surface area contributed by atoms with Crippen molar-refractivity contribution in [2.45, 2.75) is 45.1 Å². The molecule has 1 aromatic rings. The largest absolute Gasteiger partial charge is 0.382 e. The van der Waals surface area contributed by atoms with Gasteiger partial charge in [0.1, 0.15) is 0 Å². The van der Waals surface area contributed by atoms with E-state index < -0.39 is 0 Å². The van der Waals surface area contributed by atoms with E-state index in [1.165, 1.54) is 18.5 Å². The molecule has 0 aromatic carbocycles. The van der Waals surface area contributed by atoms with Crippen LogP contribution in [0, 0.1) is 5.92 Å². The maximum absolute atomic E-state index is 5.65. The van der Waals surface area contributed by atoms with Gasteiger partial charge < -0.3 is 10.5 Å². The van der Waals surface area contributed by atoms with Crippen LogP contribution in [-0.4, -0.2) is 35.3 Å². The second-order valence-electron chi connectivity index (χ2n) is 5.13. The number of nitrogens with zero attached hydrogens (tertiary/aromatic N) is 3. The molecule has 1 unspecified atom stereocenters. The van der Waals surface area contributed by atoms with E-state index in [9.17, 15) is 0 Å². The van der Waals surface area contributed by atoms with Crippen molar-refractivity contribution in [3.05, 3.63) is 11.4 Å². The van der Waals surface area contributed by atoms with E-state index in [-0.39, 0.29) is 0 Å². The summed E-state index contributed by atoms with van der Waals surface area (Å²) < 4.78 is 7.36. The summed E-state index contributed by atoms with van der Waals surface area (Å²) in [5.41, 5.74) is 8.02. The summed E-state index contributed by atoms with van der Waals surface area (Å²) in [6, 6.07) is 0.294. The molecular formula is C13H24N4O. The van der Waals surface area contributed by atoms with Gasteiger partial charge in [0.25, 0.3) is 0 Å². The Morgan fingerprint density at radius 3 is 2.83 bits per heavy atom. The molecule has 1 aliphatic carbocycles. The number of hydrogen-bond donors (Lipinski definition) is 1. The Labute approximate surface area is 109 Å². The Kier molecular flexibility index (Phi) is 4.72. The van der Waals surface area contributed by atoms with Crippen molar-refractivity contribution in [2.75, 3.05) is 20.3 Å². The average molecular weight is 252 g/mol. The third-order valence-electron chi connectivity index (χ3n) is 3.61. The predicted octanol–water partition coefficient (Wildman–Crippen LogP) is 1.33. The summed E-state index contributed by atoms with van der Waals surface area (Å²) in [5, 5.41) is 8.65. The molecule has 5 nitrogen and oxygen atoms in total. The lowest BCUT2D eigenvalue weighted by molar-refractivity contribution is 0.144. The van der Waals surface area contributed by atoms with Crippen LogP contribution in [0.15, 0.2) is 0 Å². The van der Waals surface area contributed by atoms with E-state index >= 15 is 0 Å². The van der Waals surface area contributed by atoms with Gasteiger partial charge in [0.2, 0.25) is 0 Å². The van der Waals surface area contributed by atoms with Crippen molar-refractivity contribution in [3.8, 4) is 0 Å². The highest BCUT2D eigenvalue weighted by Gasteiger charge is 2.27. The van der Waals surface area contributed by atoms with Gasteiger partial charge in [0.15, 0.2) is 0 Å². The molecule has 0 radical (unpaired) electrons. The lowest BCUT2D eigenvalue weighted by atomic mass is 10.1.